The molecule has 3 atom stereocenters. The molecule has 2 rings (SSSR count). The molecule has 0 saturated heterocycles. The Labute approximate surface area is 109 Å². The van der Waals surface area contributed by atoms with Crippen LogP contribution < -0.4 is 4.74 Å². The topological polar surface area (TPSA) is 107 Å². The Hall–Kier alpha value is -1.63. The van der Waals surface area contributed by atoms with Crippen molar-refractivity contribution in [3.8, 4) is 11.5 Å². The number of benzene rings is 1. The molecule has 0 heterocycles. The van der Waals surface area contributed by atoms with E-state index >= 15 is 0 Å². The van der Waals surface area contributed by atoms with E-state index in [1.54, 1.807) is 0 Å². The number of hydrogen-bond donors (Lipinski definition) is 4. The number of methoxy groups -OCH3 is 1. The first kappa shape index (κ1) is 13.8. The third-order valence-corrected chi connectivity index (χ3v) is 3.33. The molecule has 104 valence electrons. The molecule has 0 amide bonds. The van der Waals surface area contributed by atoms with Crippen molar-refractivity contribution < 1.29 is 30.0 Å². The molecule has 1 aliphatic carbocycles. The van der Waals surface area contributed by atoms with E-state index in [-0.39, 0.29) is 28.9 Å². The van der Waals surface area contributed by atoms with Gasteiger partial charge in [0.15, 0.2) is 5.78 Å². The number of Topliss-reactive ketones (excluding diaryl/α,β-unsaturated/α-hetero) is 1. The number of carbonyl (C=O) groups excluding carboxylic acids is 1. The van der Waals surface area contributed by atoms with Gasteiger partial charge in [-0.05, 0) is 13.0 Å². The van der Waals surface area contributed by atoms with Gasteiger partial charge in [-0.25, -0.2) is 0 Å². The average Bonchev–Trinajstić information content (AvgIpc) is 2.34. The second kappa shape index (κ2) is 4.80. The van der Waals surface area contributed by atoms with E-state index in [4.69, 9.17) is 4.74 Å². The lowest BCUT2D eigenvalue weighted by Gasteiger charge is -2.28. The molecule has 1 aliphatic rings. The lowest BCUT2D eigenvalue weighted by molar-refractivity contribution is 0.00823. The number of fused-ring (bicyclic) bond motifs is 1. The van der Waals surface area contributed by atoms with Crippen LogP contribution in [0.3, 0.4) is 0 Å². The highest BCUT2D eigenvalue weighted by Crippen LogP contribution is 2.43. The van der Waals surface area contributed by atoms with Gasteiger partial charge in [-0.15, -0.1) is 0 Å². The molecule has 0 spiro atoms. The zero-order valence-electron chi connectivity index (χ0n) is 10.6. The normalized spacial score (nSPS) is 23.9. The summed E-state index contributed by atoms with van der Waals surface area (Å²) in [7, 11) is 1.35. The van der Waals surface area contributed by atoms with Crippen molar-refractivity contribution in [2.24, 2.45) is 0 Å². The summed E-state index contributed by atoms with van der Waals surface area (Å²) in [4.78, 5) is 11.9. The van der Waals surface area contributed by atoms with Gasteiger partial charge in [0.1, 0.15) is 17.6 Å². The third-order valence-electron chi connectivity index (χ3n) is 3.33. The standard InChI is InChI=1S/C13H16O6/c1-5(14)10-9(19-2)3-6-11(13(10)18)7(15)4-8(16)12(6)17/h3,5,8,12,14,16-18H,4H2,1-2H3. The second-order valence-corrected chi connectivity index (χ2v) is 4.62. The van der Waals surface area contributed by atoms with Crippen LogP contribution in [0.4, 0.5) is 0 Å². The number of aliphatic hydroxyl groups is 3. The van der Waals surface area contributed by atoms with E-state index in [1.165, 1.54) is 20.1 Å². The van der Waals surface area contributed by atoms with Gasteiger partial charge in [-0.3, -0.25) is 4.79 Å². The Balaban J connectivity index is 2.74. The van der Waals surface area contributed by atoms with Gasteiger partial charge in [-0.1, -0.05) is 0 Å². The predicted molar refractivity (Wildman–Crippen MR) is 65.2 cm³/mol. The number of aliphatic hydroxyl groups excluding tert-OH is 3. The van der Waals surface area contributed by atoms with E-state index in [1.807, 2.05) is 0 Å². The Kier molecular flexibility index (Phi) is 3.49. The third kappa shape index (κ3) is 2.07. The van der Waals surface area contributed by atoms with Gasteiger partial charge in [0.2, 0.25) is 0 Å². The zero-order valence-corrected chi connectivity index (χ0v) is 10.6. The number of hydrogen-bond acceptors (Lipinski definition) is 6. The van der Waals surface area contributed by atoms with Crippen LogP contribution in [0, 0.1) is 0 Å². The predicted octanol–water partition coefficient (Wildman–Crippen LogP) is 0.435. The molecular weight excluding hydrogens is 252 g/mol. The summed E-state index contributed by atoms with van der Waals surface area (Å²) in [5, 5.41) is 39.3. The molecule has 6 heteroatoms. The first-order valence-corrected chi connectivity index (χ1v) is 5.89. The van der Waals surface area contributed by atoms with Crippen LogP contribution in [0.2, 0.25) is 0 Å². The van der Waals surface area contributed by atoms with Crippen molar-refractivity contribution in [1.82, 2.24) is 0 Å². The Morgan fingerprint density at radius 1 is 1.42 bits per heavy atom. The van der Waals surface area contributed by atoms with E-state index in [0.717, 1.165) is 0 Å². The molecule has 0 aromatic heterocycles. The monoisotopic (exact) mass is 268 g/mol. The Morgan fingerprint density at radius 2 is 2.05 bits per heavy atom. The summed E-state index contributed by atoms with van der Waals surface area (Å²) in [6.07, 6.45) is -3.78. The maximum atomic E-state index is 11.9. The summed E-state index contributed by atoms with van der Waals surface area (Å²) >= 11 is 0. The SMILES string of the molecule is COc1cc2c(c(O)c1C(C)O)C(=O)CC(O)C2O. The van der Waals surface area contributed by atoms with Crippen LogP contribution in [0.5, 0.6) is 11.5 Å². The maximum Gasteiger partial charge on any atom is 0.169 e. The smallest absolute Gasteiger partial charge is 0.169 e. The fourth-order valence-electron chi connectivity index (χ4n) is 2.39. The van der Waals surface area contributed by atoms with Crippen molar-refractivity contribution >= 4 is 5.78 Å². The Morgan fingerprint density at radius 3 is 2.58 bits per heavy atom. The fourth-order valence-corrected chi connectivity index (χ4v) is 2.39. The fraction of sp³-hybridized carbons (Fsp3) is 0.462. The number of phenols is 1. The average molecular weight is 268 g/mol. The van der Waals surface area contributed by atoms with Gasteiger partial charge in [0.05, 0.1) is 30.4 Å². The largest absolute Gasteiger partial charge is 0.507 e. The Bertz CT molecular complexity index is 522. The molecular formula is C13H16O6. The molecule has 1 aromatic carbocycles. The number of carbonyl (C=O) groups is 1. The van der Waals surface area contributed by atoms with E-state index < -0.39 is 29.8 Å². The number of rotatable bonds is 2. The molecule has 3 unspecified atom stereocenters. The van der Waals surface area contributed by atoms with Gasteiger partial charge in [0.25, 0.3) is 0 Å². The molecule has 19 heavy (non-hydrogen) atoms. The zero-order chi connectivity index (χ0) is 14.3. The number of aromatic hydroxyl groups is 1. The van der Waals surface area contributed by atoms with Crippen molar-refractivity contribution in [3.05, 3.63) is 22.8 Å². The van der Waals surface area contributed by atoms with E-state index in [2.05, 4.69) is 0 Å². The summed E-state index contributed by atoms with van der Waals surface area (Å²) in [5.74, 6) is -0.720. The minimum atomic E-state index is -1.27. The van der Waals surface area contributed by atoms with Crippen LogP contribution >= 0.6 is 0 Å². The van der Waals surface area contributed by atoms with Crippen molar-refractivity contribution in [1.29, 1.82) is 0 Å². The van der Waals surface area contributed by atoms with Crippen LogP contribution in [0.15, 0.2) is 6.07 Å². The molecule has 0 aliphatic heterocycles. The van der Waals surface area contributed by atoms with Crippen LogP contribution in [-0.4, -0.2) is 39.4 Å². The molecule has 0 radical (unpaired) electrons. The van der Waals surface area contributed by atoms with Gasteiger partial charge < -0.3 is 25.2 Å². The molecule has 0 fully saturated rings. The summed E-state index contributed by atoms with van der Waals surface area (Å²) in [6.45, 7) is 1.43. The summed E-state index contributed by atoms with van der Waals surface area (Å²) in [5.41, 5.74) is 0.148. The van der Waals surface area contributed by atoms with Crippen molar-refractivity contribution in [3.63, 3.8) is 0 Å². The van der Waals surface area contributed by atoms with E-state index in [0.29, 0.717) is 0 Å². The first-order chi connectivity index (χ1) is 8.88. The van der Waals surface area contributed by atoms with Crippen LogP contribution in [0.1, 0.15) is 47.0 Å². The van der Waals surface area contributed by atoms with Crippen LogP contribution in [0.25, 0.3) is 0 Å². The van der Waals surface area contributed by atoms with Gasteiger partial charge in [0, 0.05) is 12.0 Å². The first-order valence-electron chi connectivity index (χ1n) is 5.89. The minimum Gasteiger partial charge on any atom is -0.507 e. The number of phenolic OH excluding ortho intramolecular Hbond substituents is 1. The summed E-state index contributed by atoms with van der Waals surface area (Å²) < 4.78 is 5.05. The quantitative estimate of drug-likeness (QED) is 0.620. The van der Waals surface area contributed by atoms with Gasteiger partial charge >= 0.3 is 0 Å². The van der Waals surface area contributed by atoms with Gasteiger partial charge in [-0.2, -0.15) is 0 Å². The lowest BCUT2D eigenvalue weighted by atomic mass is 9.83. The highest BCUT2D eigenvalue weighted by molar-refractivity contribution is 6.02. The van der Waals surface area contributed by atoms with Crippen LogP contribution in [-0.2, 0) is 0 Å². The van der Waals surface area contributed by atoms with Crippen molar-refractivity contribution in [2.75, 3.05) is 7.11 Å². The molecule has 4 N–H and O–H groups in total. The summed E-state index contributed by atoms with van der Waals surface area (Å²) in [6, 6.07) is 1.36. The molecule has 1 aromatic rings. The lowest BCUT2D eigenvalue weighted by Crippen LogP contribution is -2.29. The maximum absolute atomic E-state index is 11.9. The molecule has 0 bridgehead atoms. The highest BCUT2D eigenvalue weighted by atomic mass is 16.5. The van der Waals surface area contributed by atoms with E-state index in [9.17, 15) is 25.2 Å². The highest BCUT2D eigenvalue weighted by Gasteiger charge is 2.36. The number of ketones is 1. The minimum absolute atomic E-state index is 0.0606. The molecule has 0 saturated carbocycles. The number of ether oxygens (including phenoxy) is 1. The van der Waals surface area contributed by atoms with Crippen molar-refractivity contribution in [2.45, 2.75) is 31.7 Å². The second-order valence-electron chi connectivity index (χ2n) is 4.62. The molecule has 6 nitrogen and oxygen atoms in total.